The predicted molar refractivity (Wildman–Crippen MR) is 132 cm³/mol. The average molecular weight is 479 g/mol. The summed E-state index contributed by atoms with van der Waals surface area (Å²) in [6.45, 7) is 4.49. The number of anilines is 1. The molecular weight excluding hydrogens is 455 g/mol. The number of carbonyl (C=O) groups excluding carboxylic acids is 2. The van der Waals surface area contributed by atoms with Crippen LogP contribution in [-0.4, -0.2) is 23.3 Å². The first kappa shape index (κ1) is 22.0. The van der Waals surface area contributed by atoms with Gasteiger partial charge in [-0.1, -0.05) is 65.7 Å². The van der Waals surface area contributed by atoms with Crippen LogP contribution in [0.2, 0.25) is 10.0 Å². The molecule has 3 aromatic rings. The number of carbonyl (C=O) groups is 2. The monoisotopic (exact) mass is 478 g/mol. The Morgan fingerprint density at radius 2 is 1.76 bits per heavy atom. The lowest BCUT2D eigenvalue weighted by atomic mass is 9.58. The maximum atomic E-state index is 14.1. The molecule has 0 aromatic heterocycles. The number of piperidine rings is 1. The van der Waals surface area contributed by atoms with E-state index in [1.54, 1.807) is 6.07 Å². The standard InChI is InChI=1S/C27H24Cl2N2O2/c1-3-31-24(32)15-22(17-8-6-9-18(28)13-17)27(25(31)20-10-5-4-7-16(20)2)21-12-11-19(29)14-23(21)30-26(27)33/h4-14,22,25H,3,15H2,1-2H3,(H,30,33)/t22-,25+,27-/m0/s1. The number of nitrogens with zero attached hydrogens (tertiary/aromatic N) is 1. The summed E-state index contributed by atoms with van der Waals surface area (Å²) >= 11 is 12.7. The molecule has 1 spiro atoms. The van der Waals surface area contributed by atoms with Crippen molar-refractivity contribution < 1.29 is 9.59 Å². The van der Waals surface area contributed by atoms with Crippen molar-refractivity contribution in [2.24, 2.45) is 0 Å². The SMILES string of the molecule is CCN1C(=O)C[C@@H](c2cccc(Cl)c2)[C@]2(C(=O)Nc3cc(Cl)ccc32)[C@H]1c1ccccc1C. The summed E-state index contributed by atoms with van der Waals surface area (Å²) in [7, 11) is 0. The number of likely N-dealkylation sites (N-methyl/N-ethyl adjacent to an activating group) is 1. The Balaban J connectivity index is 1.87. The molecule has 0 radical (unpaired) electrons. The normalized spacial score (nSPS) is 24.2. The fraction of sp³-hybridized carbons (Fsp3) is 0.259. The maximum Gasteiger partial charge on any atom is 0.238 e. The molecule has 2 aliphatic heterocycles. The minimum Gasteiger partial charge on any atom is -0.334 e. The fourth-order valence-corrected chi connectivity index (χ4v) is 6.12. The van der Waals surface area contributed by atoms with Gasteiger partial charge in [-0.25, -0.2) is 0 Å². The van der Waals surface area contributed by atoms with Gasteiger partial charge in [-0.05, 0) is 60.4 Å². The number of hydrogen-bond acceptors (Lipinski definition) is 2. The summed E-state index contributed by atoms with van der Waals surface area (Å²) in [5.74, 6) is -0.487. The van der Waals surface area contributed by atoms with Crippen LogP contribution in [0.4, 0.5) is 5.69 Å². The lowest BCUT2D eigenvalue weighted by molar-refractivity contribution is -0.145. The van der Waals surface area contributed by atoms with Crippen LogP contribution in [0.15, 0.2) is 66.7 Å². The lowest BCUT2D eigenvalue weighted by Gasteiger charge is -2.51. The first-order valence-corrected chi connectivity index (χ1v) is 11.9. The van der Waals surface area contributed by atoms with Gasteiger partial charge in [-0.3, -0.25) is 9.59 Å². The van der Waals surface area contributed by atoms with Crippen LogP contribution in [0.1, 0.15) is 47.6 Å². The third-order valence-electron chi connectivity index (χ3n) is 7.12. The highest BCUT2D eigenvalue weighted by atomic mass is 35.5. The van der Waals surface area contributed by atoms with Gasteiger partial charge in [0.2, 0.25) is 11.8 Å². The van der Waals surface area contributed by atoms with E-state index in [0.29, 0.717) is 22.3 Å². The molecule has 0 aliphatic carbocycles. The molecule has 168 valence electrons. The van der Waals surface area contributed by atoms with Gasteiger partial charge < -0.3 is 10.2 Å². The van der Waals surface area contributed by atoms with E-state index in [0.717, 1.165) is 22.3 Å². The summed E-state index contributed by atoms with van der Waals surface area (Å²) in [4.78, 5) is 29.5. The summed E-state index contributed by atoms with van der Waals surface area (Å²) in [5.41, 5.74) is 3.42. The van der Waals surface area contributed by atoms with E-state index in [2.05, 4.69) is 5.32 Å². The fourth-order valence-electron chi connectivity index (χ4n) is 5.75. The molecule has 2 heterocycles. The largest absolute Gasteiger partial charge is 0.334 e. The highest BCUT2D eigenvalue weighted by Gasteiger charge is 2.63. The lowest BCUT2D eigenvalue weighted by Crippen LogP contribution is -2.58. The summed E-state index contributed by atoms with van der Waals surface area (Å²) in [6.07, 6.45) is 0.214. The second-order valence-electron chi connectivity index (χ2n) is 8.76. The highest BCUT2D eigenvalue weighted by molar-refractivity contribution is 6.31. The van der Waals surface area contributed by atoms with Gasteiger partial charge in [0.25, 0.3) is 0 Å². The second-order valence-corrected chi connectivity index (χ2v) is 9.64. The second kappa shape index (κ2) is 8.19. The van der Waals surface area contributed by atoms with Gasteiger partial charge in [0, 0.05) is 34.6 Å². The third-order valence-corrected chi connectivity index (χ3v) is 7.59. The zero-order valence-corrected chi connectivity index (χ0v) is 20.0. The molecule has 5 rings (SSSR count). The number of benzene rings is 3. The Morgan fingerprint density at radius 3 is 2.48 bits per heavy atom. The number of amides is 2. The quantitative estimate of drug-likeness (QED) is 0.482. The number of halogens is 2. The smallest absolute Gasteiger partial charge is 0.238 e. The molecule has 3 aromatic carbocycles. The molecule has 33 heavy (non-hydrogen) atoms. The van der Waals surface area contributed by atoms with Crippen LogP contribution >= 0.6 is 23.2 Å². The Bertz CT molecular complexity index is 1270. The molecule has 0 unspecified atom stereocenters. The number of fused-ring (bicyclic) bond motifs is 2. The number of hydrogen-bond donors (Lipinski definition) is 1. The van der Waals surface area contributed by atoms with E-state index in [-0.39, 0.29) is 18.2 Å². The molecule has 1 N–H and O–H groups in total. The first-order chi connectivity index (χ1) is 15.9. The van der Waals surface area contributed by atoms with E-state index in [4.69, 9.17) is 23.2 Å². The number of aryl methyl sites for hydroxylation is 1. The maximum absolute atomic E-state index is 14.1. The van der Waals surface area contributed by atoms with E-state index < -0.39 is 17.4 Å². The molecule has 1 fully saturated rings. The minimum absolute atomic E-state index is 0.0246. The molecule has 2 aliphatic rings. The highest BCUT2D eigenvalue weighted by Crippen LogP contribution is 2.60. The van der Waals surface area contributed by atoms with Crippen LogP contribution in [0, 0.1) is 6.92 Å². The predicted octanol–water partition coefficient (Wildman–Crippen LogP) is 6.27. The van der Waals surface area contributed by atoms with Crippen LogP contribution in [0.3, 0.4) is 0 Å². The molecule has 0 bridgehead atoms. The first-order valence-electron chi connectivity index (χ1n) is 11.1. The number of likely N-dealkylation sites (tertiary alicyclic amines) is 1. The summed E-state index contributed by atoms with van der Waals surface area (Å²) in [6, 6.07) is 20.6. The van der Waals surface area contributed by atoms with Gasteiger partial charge in [0.05, 0.1) is 6.04 Å². The zero-order chi connectivity index (χ0) is 23.3. The van der Waals surface area contributed by atoms with E-state index >= 15 is 0 Å². The van der Waals surface area contributed by atoms with E-state index in [1.165, 1.54) is 0 Å². The number of rotatable bonds is 3. The van der Waals surface area contributed by atoms with Crippen LogP contribution < -0.4 is 5.32 Å². The zero-order valence-electron chi connectivity index (χ0n) is 18.4. The van der Waals surface area contributed by atoms with Gasteiger partial charge in [-0.2, -0.15) is 0 Å². The average Bonchev–Trinajstić information content (AvgIpc) is 3.06. The van der Waals surface area contributed by atoms with Crippen molar-refractivity contribution in [3.8, 4) is 0 Å². The Kier molecular flexibility index (Phi) is 5.46. The van der Waals surface area contributed by atoms with Crippen molar-refractivity contribution >= 4 is 40.7 Å². The molecule has 6 heteroatoms. The van der Waals surface area contributed by atoms with Crippen molar-refractivity contribution in [3.63, 3.8) is 0 Å². The van der Waals surface area contributed by atoms with Crippen molar-refractivity contribution in [3.05, 3.63) is 99.0 Å². The van der Waals surface area contributed by atoms with Crippen LogP contribution in [-0.2, 0) is 15.0 Å². The van der Waals surface area contributed by atoms with Crippen molar-refractivity contribution in [1.82, 2.24) is 4.90 Å². The van der Waals surface area contributed by atoms with Crippen LogP contribution in [0.25, 0.3) is 0 Å². The molecule has 4 nitrogen and oxygen atoms in total. The van der Waals surface area contributed by atoms with Gasteiger partial charge in [0.1, 0.15) is 5.41 Å². The van der Waals surface area contributed by atoms with E-state index in [9.17, 15) is 9.59 Å². The van der Waals surface area contributed by atoms with Crippen molar-refractivity contribution in [1.29, 1.82) is 0 Å². The molecule has 2 amide bonds. The van der Waals surface area contributed by atoms with Gasteiger partial charge in [-0.15, -0.1) is 0 Å². The number of nitrogens with one attached hydrogen (secondary N) is 1. The summed E-state index contributed by atoms with van der Waals surface area (Å²) in [5, 5.41) is 4.23. The summed E-state index contributed by atoms with van der Waals surface area (Å²) < 4.78 is 0. The molecule has 1 saturated heterocycles. The third kappa shape index (κ3) is 3.27. The molecule has 0 saturated carbocycles. The van der Waals surface area contributed by atoms with Gasteiger partial charge in [0.15, 0.2) is 0 Å². The topological polar surface area (TPSA) is 49.4 Å². The minimum atomic E-state index is -1.03. The molecule has 3 atom stereocenters. The Hall–Kier alpha value is -2.82. The van der Waals surface area contributed by atoms with Gasteiger partial charge >= 0.3 is 0 Å². The Labute approximate surface area is 203 Å². The van der Waals surface area contributed by atoms with E-state index in [1.807, 2.05) is 79.4 Å². The van der Waals surface area contributed by atoms with Crippen molar-refractivity contribution in [2.45, 2.75) is 37.6 Å². The van der Waals surface area contributed by atoms with Crippen LogP contribution in [0.5, 0.6) is 0 Å². The Morgan fingerprint density at radius 1 is 1.00 bits per heavy atom. The molecular formula is C27H24Cl2N2O2. The van der Waals surface area contributed by atoms with Crippen molar-refractivity contribution in [2.75, 3.05) is 11.9 Å².